The van der Waals surface area contributed by atoms with Gasteiger partial charge in [-0.1, -0.05) is 30.3 Å². The van der Waals surface area contributed by atoms with Crippen molar-refractivity contribution in [2.45, 2.75) is 26.8 Å². The predicted octanol–water partition coefficient (Wildman–Crippen LogP) is 3.44. The van der Waals surface area contributed by atoms with E-state index in [0.29, 0.717) is 5.39 Å². The molecule has 0 saturated heterocycles. The second-order valence-corrected chi connectivity index (χ2v) is 6.68. The van der Waals surface area contributed by atoms with Crippen LogP contribution < -0.4 is 10.7 Å². The Labute approximate surface area is 162 Å². The van der Waals surface area contributed by atoms with Gasteiger partial charge in [0.15, 0.2) is 12.0 Å². The number of hydrogen-bond acceptors (Lipinski definition) is 5. The first kappa shape index (κ1) is 19.4. The van der Waals surface area contributed by atoms with Crippen LogP contribution in [0, 0.1) is 13.8 Å². The number of rotatable bonds is 5. The molecule has 0 fully saturated rings. The molecule has 6 heteroatoms. The Kier molecular flexibility index (Phi) is 5.59. The van der Waals surface area contributed by atoms with E-state index in [1.807, 2.05) is 39.0 Å². The molecule has 0 aliphatic carbocycles. The van der Waals surface area contributed by atoms with Crippen molar-refractivity contribution in [1.82, 2.24) is 5.32 Å². The summed E-state index contributed by atoms with van der Waals surface area (Å²) in [4.78, 5) is 36.3. The molecule has 1 atom stereocenters. The van der Waals surface area contributed by atoms with Crippen molar-refractivity contribution < 1.29 is 18.7 Å². The molecule has 2 aromatic carbocycles. The summed E-state index contributed by atoms with van der Waals surface area (Å²) < 4.78 is 10.4. The quantitative estimate of drug-likeness (QED) is 0.687. The molecule has 0 aliphatic heterocycles. The average molecular weight is 379 g/mol. The number of fused-ring (bicyclic) bond motifs is 1. The molecule has 1 aromatic heterocycles. The van der Waals surface area contributed by atoms with Gasteiger partial charge in [0.05, 0.1) is 11.4 Å². The van der Waals surface area contributed by atoms with Gasteiger partial charge < -0.3 is 14.5 Å². The van der Waals surface area contributed by atoms with E-state index < -0.39 is 18.5 Å². The van der Waals surface area contributed by atoms with E-state index in [1.165, 1.54) is 5.56 Å². The summed E-state index contributed by atoms with van der Waals surface area (Å²) in [5.41, 5.74) is 3.21. The first-order valence-electron chi connectivity index (χ1n) is 8.91. The molecule has 3 rings (SSSR count). The zero-order chi connectivity index (χ0) is 20.3. The van der Waals surface area contributed by atoms with Gasteiger partial charge in [0.25, 0.3) is 5.91 Å². The third kappa shape index (κ3) is 4.28. The molecule has 0 aliphatic rings. The number of aryl methyl sites for hydroxylation is 2. The van der Waals surface area contributed by atoms with Crippen molar-refractivity contribution in [3.8, 4) is 0 Å². The average Bonchev–Trinajstić information content (AvgIpc) is 2.68. The number of esters is 1. The highest BCUT2D eigenvalue weighted by Gasteiger charge is 2.16. The maximum Gasteiger partial charge on any atom is 0.374 e. The lowest BCUT2D eigenvalue weighted by molar-refractivity contribution is -0.124. The van der Waals surface area contributed by atoms with Crippen LogP contribution in [0.1, 0.15) is 40.2 Å². The highest BCUT2D eigenvalue weighted by atomic mass is 16.5. The summed E-state index contributed by atoms with van der Waals surface area (Å²) in [7, 11) is 0. The van der Waals surface area contributed by atoms with E-state index in [4.69, 9.17) is 9.15 Å². The fraction of sp³-hybridized carbons (Fsp3) is 0.227. The summed E-state index contributed by atoms with van der Waals surface area (Å²) >= 11 is 0. The number of para-hydroxylation sites is 1. The molecule has 0 bridgehead atoms. The lowest BCUT2D eigenvalue weighted by Gasteiger charge is -2.15. The summed E-state index contributed by atoms with van der Waals surface area (Å²) in [6, 6.07) is 13.4. The van der Waals surface area contributed by atoms with E-state index in [1.54, 1.807) is 24.3 Å². The smallest absolute Gasteiger partial charge is 0.374 e. The van der Waals surface area contributed by atoms with Gasteiger partial charge in [0, 0.05) is 6.07 Å². The Hall–Kier alpha value is -3.41. The van der Waals surface area contributed by atoms with Crippen molar-refractivity contribution in [1.29, 1.82) is 0 Å². The minimum atomic E-state index is -0.864. The Bertz CT molecular complexity index is 1100. The van der Waals surface area contributed by atoms with Gasteiger partial charge in [-0.3, -0.25) is 9.59 Å². The molecule has 144 valence electrons. The van der Waals surface area contributed by atoms with E-state index in [-0.39, 0.29) is 22.8 Å². The van der Waals surface area contributed by atoms with E-state index in [0.717, 1.165) is 17.2 Å². The van der Waals surface area contributed by atoms with E-state index >= 15 is 0 Å². The molecule has 0 unspecified atom stereocenters. The Morgan fingerprint density at radius 3 is 2.57 bits per heavy atom. The topological polar surface area (TPSA) is 85.6 Å². The number of benzene rings is 2. The predicted molar refractivity (Wildman–Crippen MR) is 105 cm³/mol. The Morgan fingerprint density at radius 2 is 1.82 bits per heavy atom. The number of amides is 1. The van der Waals surface area contributed by atoms with Gasteiger partial charge >= 0.3 is 5.97 Å². The van der Waals surface area contributed by atoms with Crippen molar-refractivity contribution in [3.63, 3.8) is 0 Å². The highest BCUT2D eigenvalue weighted by Crippen LogP contribution is 2.17. The van der Waals surface area contributed by atoms with Crippen LogP contribution in [-0.4, -0.2) is 18.5 Å². The zero-order valence-electron chi connectivity index (χ0n) is 15.9. The Morgan fingerprint density at radius 1 is 1.07 bits per heavy atom. The Balaban J connectivity index is 1.62. The van der Waals surface area contributed by atoms with Crippen LogP contribution in [-0.2, 0) is 9.53 Å². The number of carbonyl (C=O) groups excluding carboxylic acids is 2. The van der Waals surface area contributed by atoms with Gasteiger partial charge in [-0.25, -0.2) is 4.79 Å². The summed E-state index contributed by atoms with van der Waals surface area (Å²) in [6.07, 6.45) is 0. The van der Waals surface area contributed by atoms with Crippen LogP contribution in [0.4, 0.5) is 0 Å². The minimum absolute atomic E-state index is 0.232. The third-order valence-corrected chi connectivity index (χ3v) is 4.58. The fourth-order valence-corrected chi connectivity index (χ4v) is 2.81. The van der Waals surface area contributed by atoms with Crippen molar-refractivity contribution in [2.24, 2.45) is 0 Å². The fourth-order valence-electron chi connectivity index (χ4n) is 2.81. The standard InChI is InChI=1S/C22H21NO5/c1-13-8-9-16(10-14(13)2)15(3)23-21(25)12-27-22(26)20-11-18(24)17-6-4-5-7-19(17)28-20/h4-11,15H,12H2,1-3H3,(H,23,25)/t15-/m0/s1. The van der Waals surface area contributed by atoms with E-state index in [9.17, 15) is 14.4 Å². The molecular formula is C22H21NO5. The monoisotopic (exact) mass is 379 g/mol. The largest absolute Gasteiger partial charge is 0.450 e. The zero-order valence-corrected chi connectivity index (χ0v) is 15.9. The second-order valence-electron chi connectivity index (χ2n) is 6.68. The SMILES string of the molecule is Cc1ccc([C@H](C)NC(=O)COC(=O)c2cc(=O)c3ccccc3o2)cc1C. The summed E-state index contributed by atoms with van der Waals surface area (Å²) in [5.74, 6) is -1.54. The molecular weight excluding hydrogens is 358 g/mol. The number of carbonyl (C=O) groups is 2. The third-order valence-electron chi connectivity index (χ3n) is 4.58. The molecule has 0 saturated carbocycles. The molecule has 1 N–H and O–H groups in total. The molecule has 28 heavy (non-hydrogen) atoms. The maximum absolute atomic E-state index is 12.1. The van der Waals surface area contributed by atoms with Gasteiger partial charge in [0.1, 0.15) is 5.58 Å². The lowest BCUT2D eigenvalue weighted by atomic mass is 10.0. The van der Waals surface area contributed by atoms with Crippen LogP contribution in [0.25, 0.3) is 11.0 Å². The van der Waals surface area contributed by atoms with Crippen LogP contribution >= 0.6 is 0 Å². The van der Waals surface area contributed by atoms with Gasteiger partial charge in [-0.2, -0.15) is 0 Å². The molecule has 3 aromatic rings. The number of nitrogens with one attached hydrogen (secondary N) is 1. The first-order chi connectivity index (χ1) is 13.3. The minimum Gasteiger partial charge on any atom is -0.450 e. The van der Waals surface area contributed by atoms with Crippen LogP contribution in [0.3, 0.4) is 0 Å². The summed E-state index contributed by atoms with van der Waals surface area (Å²) in [5, 5.41) is 3.16. The molecule has 1 heterocycles. The number of hydrogen-bond donors (Lipinski definition) is 1. The highest BCUT2D eigenvalue weighted by molar-refractivity contribution is 5.90. The summed E-state index contributed by atoms with van der Waals surface area (Å²) in [6.45, 7) is 5.41. The van der Waals surface area contributed by atoms with Crippen LogP contribution in [0.2, 0.25) is 0 Å². The van der Waals surface area contributed by atoms with Crippen molar-refractivity contribution >= 4 is 22.8 Å². The molecule has 0 radical (unpaired) electrons. The van der Waals surface area contributed by atoms with E-state index in [2.05, 4.69) is 5.32 Å². The van der Waals surface area contributed by atoms with Gasteiger partial charge in [0.2, 0.25) is 5.76 Å². The maximum atomic E-state index is 12.1. The first-order valence-corrected chi connectivity index (χ1v) is 8.91. The lowest BCUT2D eigenvalue weighted by Crippen LogP contribution is -2.31. The molecule has 6 nitrogen and oxygen atoms in total. The second kappa shape index (κ2) is 8.08. The molecule has 1 amide bonds. The van der Waals surface area contributed by atoms with Crippen molar-refractivity contribution in [2.75, 3.05) is 6.61 Å². The molecule has 0 spiro atoms. The number of ether oxygens (including phenoxy) is 1. The normalized spacial score (nSPS) is 11.8. The van der Waals surface area contributed by atoms with Crippen LogP contribution in [0.15, 0.2) is 57.7 Å². The van der Waals surface area contributed by atoms with Crippen molar-refractivity contribution in [3.05, 3.63) is 81.2 Å². The van der Waals surface area contributed by atoms with Gasteiger partial charge in [-0.15, -0.1) is 0 Å². The van der Waals surface area contributed by atoms with Gasteiger partial charge in [-0.05, 0) is 49.6 Å². The van der Waals surface area contributed by atoms with Crippen LogP contribution in [0.5, 0.6) is 0 Å².